The number of nitrogens with zero attached hydrogens (tertiary/aromatic N) is 3. The van der Waals surface area contributed by atoms with E-state index in [1.807, 2.05) is 6.92 Å². The Kier molecular flexibility index (Phi) is 4.11. The number of aromatic nitrogens is 2. The molecule has 2 atom stereocenters. The molecule has 0 saturated carbocycles. The summed E-state index contributed by atoms with van der Waals surface area (Å²) < 4.78 is 32.9. The van der Waals surface area contributed by atoms with Crippen molar-refractivity contribution in [2.24, 2.45) is 0 Å². The van der Waals surface area contributed by atoms with E-state index in [1.165, 1.54) is 16.7 Å². The van der Waals surface area contributed by atoms with Crippen LogP contribution in [0.4, 0.5) is 0 Å². The molecule has 0 aromatic carbocycles. The molecular weight excluding hydrogens is 286 g/mol. The van der Waals surface area contributed by atoms with Crippen LogP contribution in [0.5, 0.6) is 0 Å². The van der Waals surface area contributed by atoms with Crippen molar-refractivity contribution in [2.45, 2.75) is 37.4 Å². The van der Waals surface area contributed by atoms with Crippen LogP contribution >= 0.6 is 0 Å². The summed E-state index contributed by atoms with van der Waals surface area (Å²) in [5.74, 6) is -1.08. The molecular formula is C11H17N3O5S. The van der Waals surface area contributed by atoms with Crippen molar-refractivity contribution in [1.82, 2.24) is 14.1 Å². The Morgan fingerprint density at radius 2 is 2.25 bits per heavy atom. The summed E-state index contributed by atoms with van der Waals surface area (Å²) in [4.78, 5) is 10.6. The smallest absolute Gasteiger partial charge is 0.325 e. The molecule has 8 nitrogen and oxygen atoms in total. The van der Waals surface area contributed by atoms with Gasteiger partial charge in [0, 0.05) is 18.8 Å². The van der Waals surface area contributed by atoms with Gasteiger partial charge >= 0.3 is 5.97 Å². The van der Waals surface area contributed by atoms with E-state index in [9.17, 15) is 13.2 Å². The molecule has 1 N–H and O–H groups in total. The van der Waals surface area contributed by atoms with E-state index in [0.717, 1.165) is 4.68 Å². The molecule has 0 spiro atoms. The molecule has 0 bridgehead atoms. The van der Waals surface area contributed by atoms with Crippen LogP contribution in [-0.2, 0) is 26.1 Å². The fourth-order valence-electron chi connectivity index (χ4n) is 2.05. The molecule has 9 heteroatoms. The van der Waals surface area contributed by atoms with E-state index in [2.05, 4.69) is 5.10 Å². The highest BCUT2D eigenvalue weighted by Crippen LogP contribution is 2.21. The molecule has 1 aromatic rings. The van der Waals surface area contributed by atoms with Gasteiger partial charge in [0.1, 0.15) is 11.4 Å². The standard InChI is InChI=1S/C11H17N3O5S/c1-8-7-19-9(2)4-14(8)20(17,18)10-3-12-13(5-10)6-11(15)16/h3,5,8-9H,4,6-7H2,1-2H3,(H,15,16). The monoisotopic (exact) mass is 303 g/mol. The van der Waals surface area contributed by atoms with Crippen LogP contribution in [0, 0.1) is 0 Å². The minimum Gasteiger partial charge on any atom is -0.480 e. The Morgan fingerprint density at radius 3 is 2.90 bits per heavy atom. The molecule has 2 rings (SSSR count). The van der Waals surface area contributed by atoms with Crippen molar-refractivity contribution < 1.29 is 23.1 Å². The molecule has 1 aliphatic heterocycles. The van der Waals surface area contributed by atoms with E-state index in [4.69, 9.17) is 9.84 Å². The third kappa shape index (κ3) is 3.00. The van der Waals surface area contributed by atoms with Crippen molar-refractivity contribution >= 4 is 16.0 Å². The first-order chi connectivity index (χ1) is 9.30. The lowest BCUT2D eigenvalue weighted by molar-refractivity contribution is -0.137. The normalized spacial score (nSPS) is 24.7. The highest BCUT2D eigenvalue weighted by molar-refractivity contribution is 7.89. The van der Waals surface area contributed by atoms with Crippen molar-refractivity contribution in [3.63, 3.8) is 0 Å². The van der Waals surface area contributed by atoms with E-state index in [1.54, 1.807) is 6.92 Å². The fraction of sp³-hybridized carbons (Fsp3) is 0.636. The van der Waals surface area contributed by atoms with E-state index < -0.39 is 16.0 Å². The maximum absolute atomic E-state index is 12.5. The van der Waals surface area contributed by atoms with Gasteiger partial charge in [0.2, 0.25) is 10.0 Å². The van der Waals surface area contributed by atoms with Gasteiger partial charge in [-0.1, -0.05) is 0 Å². The van der Waals surface area contributed by atoms with Crippen LogP contribution < -0.4 is 0 Å². The maximum Gasteiger partial charge on any atom is 0.325 e. The van der Waals surface area contributed by atoms with Crippen LogP contribution in [0.3, 0.4) is 0 Å². The number of hydrogen-bond acceptors (Lipinski definition) is 5. The summed E-state index contributed by atoms with van der Waals surface area (Å²) in [6.07, 6.45) is 2.23. The first kappa shape index (κ1) is 14.9. The molecule has 1 saturated heterocycles. The van der Waals surface area contributed by atoms with Crippen LogP contribution in [-0.4, -0.2) is 58.9 Å². The SMILES string of the molecule is CC1CN(S(=O)(=O)c2cnn(CC(=O)O)c2)C(C)CO1. The third-order valence-corrected chi connectivity index (χ3v) is 5.00. The Bertz CT molecular complexity index is 597. The number of carboxylic acids is 1. The zero-order valence-corrected chi connectivity index (χ0v) is 12.1. The number of ether oxygens (including phenoxy) is 1. The highest BCUT2D eigenvalue weighted by atomic mass is 32.2. The van der Waals surface area contributed by atoms with Gasteiger partial charge in [-0.15, -0.1) is 0 Å². The molecule has 2 heterocycles. The maximum atomic E-state index is 12.5. The number of carboxylic acid groups (broad SMARTS) is 1. The van der Waals surface area contributed by atoms with Crippen LogP contribution in [0.15, 0.2) is 17.3 Å². The average Bonchev–Trinajstić information content (AvgIpc) is 2.80. The Labute approximate surface area is 117 Å². The van der Waals surface area contributed by atoms with Crippen molar-refractivity contribution in [3.8, 4) is 0 Å². The average molecular weight is 303 g/mol. The molecule has 0 radical (unpaired) electrons. The molecule has 1 fully saturated rings. The molecule has 112 valence electrons. The van der Waals surface area contributed by atoms with E-state index in [0.29, 0.717) is 6.61 Å². The van der Waals surface area contributed by atoms with Crippen molar-refractivity contribution in [2.75, 3.05) is 13.2 Å². The van der Waals surface area contributed by atoms with Gasteiger partial charge in [-0.25, -0.2) is 8.42 Å². The molecule has 20 heavy (non-hydrogen) atoms. The number of carbonyl (C=O) groups is 1. The van der Waals surface area contributed by atoms with E-state index in [-0.39, 0.29) is 30.1 Å². The molecule has 1 aliphatic rings. The Morgan fingerprint density at radius 1 is 1.55 bits per heavy atom. The Balaban J connectivity index is 2.25. The van der Waals surface area contributed by atoms with Crippen LogP contribution in [0.1, 0.15) is 13.8 Å². The summed E-state index contributed by atoms with van der Waals surface area (Å²) in [5.41, 5.74) is 0. The van der Waals surface area contributed by atoms with E-state index >= 15 is 0 Å². The number of aliphatic carboxylic acids is 1. The summed E-state index contributed by atoms with van der Waals surface area (Å²) in [6.45, 7) is 3.81. The second-order valence-electron chi connectivity index (χ2n) is 4.84. The van der Waals surface area contributed by atoms with Crippen LogP contribution in [0.2, 0.25) is 0 Å². The minimum atomic E-state index is -3.68. The molecule has 0 aliphatic carbocycles. The van der Waals surface area contributed by atoms with Gasteiger partial charge < -0.3 is 9.84 Å². The predicted octanol–water partition coefficient (Wildman–Crippen LogP) is -0.234. The lowest BCUT2D eigenvalue weighted by Gasteiger charge is -2.35. The quantitative estimate of drug-likeness (QED) is 0.824. The lowest BCUT2D eigenvalue weighted by atomic mass is 10.2. The summed E-state index contributed by atoms with van der Waals surface area (Å²) in [5, 5.41) is 12.4. The predicted molar refractivity (Wildman–Crippen MR) is 68.6 cm³/mol. The number of rotatable bonds is 4. The first-order valence-corrected chi connectivity index (χ1v) is 7.62. The molecule has 1 aromatic heterocycles. The van der Waals surface area contributed by atoms with Gasteiger partial charge in [-0.2, -0.15) is 9.40 Å². The number of hydrogen-bond donors (Lipinski definition) is 1. The summed E-state index contributed by atoms with van der Waals surface area (Å²) in [6, 6.07) is -0.265. The summed E-state index contributed by atoms with van der Waals surface area (Å²) in [7, 11) is -3.68. The van der Waals surface area contributed by atoms with Gasteiger partial charge in [0.25, 0.3) is 0 Å². The zero-order chi connectivity index (χ0) is 14.9. The molecule has 0 amide bonds. The highest BCUT2D eigenvalue weighted by Gasteiger charge is 2.34. The lowest BCUT2D eigenvalue weighted by Crippen LogP contribution is -2.49. The van der Waals surface area contributed by atoms with Crippen molar-refractivity contribution in [3.05, 3.63) is 12.4 Å². The summed E-state index contributed by atoms with van der Waals surface area (Å²) >= 11 is 0. The number of sulfonamides is 1. The minimum absolute atomic E-state index is 0.000278. The second-order valence-corrected chi connectivity index (χ2v) is 6.73. The largest absolute Gasteiger partial charge is 0.480 e. The van der Waals surface area contributed by atoms with Gasteiger partial charge in [0.15, 0.2) is 0 Å². The fourth-order valence-corrected chi connectivity index (χ4v) is 3.69. The number of morpholine rings is 1. The topological polar surface area (TPSA) is 102 Å². The van der Waals surface area contributed by atoms with Gasteiger partial charge in [-0.05, 0) is 13.8 Å². The third-order valence-electron chi connectivity index (χ3n) is 3.06. The van der Waals surface area contributed by atoms with Crippen LogP contribution in [0.25, 0.3) is 0 Å². The van der Waals surface area contributed by atoms with Gasteiger partial charge in [-0.3, -0.25) is 9.48 Å². The zero-order valence-electron chi connectivity index (χ0n) is 11.3. The van der Waals surface area contributed by atoms with Gasteiger partial charge in [0.05, 0.1) is 18.9 Å². The Hall–Kier alpha value is -1.45. The first-order valence-electron chi connectivity index (χ1n) is 6.18. The van der Waals surface area contributed by atoms with Crippen molar-refractivity contribution in [1.29, 1.82) is 0 Å². The second kappa shape index (κ2) is 5.51. The molecule has 2 unspecified atom stereocenters.